The number of hydrogen-bond donors (Lipinski definition) is 3. The normalized spacial score (nSPS) is 10.3. The van der Waals surface area contributed by atoms with Gasteiger partial charge in [0, 0.05) is 0 Å². The predicted molar refractivity (Wildman–Crippen MR) is 126 cm³/mol. The minimum atomic E-state index is -0.466. The van der Waals surface area contributed by atoms with Crippen LogP contribution in [0.5, 0.6) is 11.5 Å². The molecule has 0 heterocycles. The van der Waals surface area contributed by atoms with E-state index in [4.69, 9.17) is 21.7 Å². The number of thiocarbonyl (C=S) groups is 1. The van der Waals surface area contributed by atoms with Crippen molar-refractivity contribution < 1.29 is 19.1 Å². The minimum absolute atomic E-state index is 0.0588. The van der Waals surface area contributed by atoms with E-state index in [1.807, 2.05) is 37.3 Å². The van der Waals surface area contributed by atoms with Crippen molar-refractivity contribution >= 4 is 55.8 Å². The second-order valence-corrected chi connectivity index (χ2v) is 7.47. The lowest BCUT2D eigenvalue weighted by molar-refractivity contribution is -0.123. The van der Waals surface area contributed by atoms with Gasteiger partial charge in [0.05, 0.1) is 16.6 Å². The molecule has 3 rings (SSSR count). The highest BCUT2D eigenvalue weighted by atomic mass is 79.9. The Morgan fingerprint density at radius 3 is 2.48 bits per heavy atom. The Bertz CT molecular complexity index is 1120. The number of carbonyl (C=O) groups is 2. The molecule has 0 aromatic heterocycles. The molecular formula is C22H20BrN3O4S. The maximum atomic E-state index is 12.4. The van der Waals surface area contributed by atoms with E-state index in [-0.39, 0.29) is 11.7 Å². The average molecular weight is 502 g/mol. The van der Waals surface area contributed by atoms with Gasteiger partial charge in [0.2, 0.25) is 0 Å². The van der Waals surface area contributed by atoms with E-state index in [1.165, 1.54) is 0 Å². The number of benzene rings is 3. The van der Waals surface area contributed by atoms with Crippen LogP contribution in [0.4, 0.5) is 0 Å². The smallest absolute Gasteiger partial charge is 0.276 e. The fraction of sp³-hybridized carbons (Fsp3) is 0.136. The molecule has 31 heavy (non-hydrogen) atoms. The van der Waals surface area contributed by atoms with Gasteiger partial charge in [-0.1, -0.05) is 42.5 Å². The van der Waals surface area contributed by atoms with Crippen LogP contribution in [-0.4, -0.2) is 30.1 Å². The number of amides is 2. The molecule has 0 aliphatic carbocycles. The van der Waals surface area contributed by atoms with E-state index in [1.54, 1.807) is 30.3 Å². The second-order valence-electron chi connectivity index (χ2n) is 6.27. The van der Waals surface area contributed by atoms with Crippen LogP contribution in [0.2, 0.25) is 0 Å². The van der Waals surface area contributed by atoms with Crippen molar-refractivity contribution in [3.05, 3.63) is 70.7 Å². The zero-order valence-electron chi connectivity index (χ0n) is 16.6. The van der Waals surface area contributed by atoms with Gasteiger partial charge < -0.3 is 9.47 Å². The number of para-hydroxylation sites is 1. The summed E-state index contributed by atoms with van der Waals surface area (Å²) in [4.78, 5) is 24.5. The van der Waals surface area contributed by atoms with Crippen LogP contribution in [0.25, 0.3) is 10.8 Å². The van der Waals surface area contributed by atoms with Gasteiger partial charge in [0.1, 0.15) is 11.5 Å². The van der Waals surface area contributed by atoms with Crippen LogP contribution in [0.15, 0.2) is 65.1 Å². The first-order valence-electron chi connectivity index (χ1n) is 9.41. The topological polar surface area (TPSA) is 88.7 Å². The maximum Gasteiger partial charge on any atom is 0.276 e. The van der Waals surface area contributed by atoms with Crippen LogP contribution in [0.3, 0.4) is 0 Å². The van der Waals surface area contributed by atoms with Crippen molar-refractivity contribution in [2.24, 2.45) is 0 Å². The Morgan fingerprint density at radius 2 is 1.68 bits per heavy atom. The van der Waals surface area contributed by atoms with Crippen LogP contribution in [0.1, 0.15) is 17.3 Å². The molecule has 0 saturated heterocycles. The highest BCUT2D eigenvalue weighted by Crippen LogP contribution is 2.32. The first kappa shape index (κ1) is 22.5. The molecular weight excluding hydrogens is 482 g/mol. The zero-order chi connectivity index (χ0) is 22.2. The molecule has 0 spiro atoms. The lowest BCUT2D eigenvalue weighted by Gasteiger charge is -2.13. The quantitative estimate of drug-likeness (QED) is 0.352. The van der Waals surface area contributed by atoms with Gasteiger partial charge in [0.15, 0.2) is 11.7 Å². The summed E-state index contributed by atoms with van der Waals surface area (Å²) in [6.45, 7) is 2.01. The predicted octanol–water partition coefficient (Wildman–Crippen LogP) is 3.72. The van der Waals surface area contributed by atoms with E-state index >= 15 is 0 Å². The summed E-state index contributed by atoms with van der Waals surface area (Å²) in [5, 5.41) is 4.47. The fourth-order valence-electron chi connectivity index (χ4n) is 2.77. The molecule has 7 nitrogen and oxygen atoms in total. The Labute approximate surface area is 193 Å². The number of rotatable bonds is 6. The van der Waals surface area contributed by atoms with E-state index < -0.39 is 11.8 Å². The van der Waals surface area contributed by atoms with Gasteiger partial charge >= 0.3 is 0 Å². The molecule has 9 heteroatoms. The molecule has 0 aliphatic rings. The second kappa shape index (κ2) is 10.7. The largest absolute Gasteiger partial charge is 0.493 e. The zero-order valence-corrected chi connectivity index (χ0v) is 19.0. The first-order chi connectivity index (χ1) is 15.0. The summed E-state index contributed by atoms with van der Waals surface area (Å²) in [6, 6.07) is 18.3. The van der Waals surface area contributed by atoms with Gasteiger partial charge in [-0.15, -0.1) is 0 Å². The highest BCUT2D eigenvalue weighted by Gasteiger charge is 2.14. The van der Waals surface area contributed by atoms with Gasteiger partial charge in [-0.05, 0) is 64.0 Å². The van der Waals surface area contributed by atoms with Crippen molar-refractivity contribution in [2.45, 2.75) is 6.92 Å². The van der Waals surface area contributed by atoms with Crippen molar-refractivity contribution in [1.82, 2.24) is 16.2 Å². The molecule has 0 unspecified atom stereocenters. The summed E-state index contributed by atoms with van der Waals surface area (Å²) in [6.07, 6.45) is 0. The van der Waals surface area contributed by atoms with Crippen LogP contribution >= 0.6 is 28.1 Å². The van der Waals surface area contributed by atoms with E-state index in [9.17, 15) is 9.59 Å². The number of hydrogen-bond acceptors (Lipinski definition) is 5. The molecule has 0 saturated carbocycles. The minimum Gasteiger partial charge on any atom is -0.493 e. The number of nitrogens with one attached hydrogen (secondary N) is 3. The highest BCUT2D eigenvalue weighted by molar-refractivity contribution is 9.10. The van der Waals surface area contributed by atoms with Crippen LogP contribution in [0, 0.1) is 0 Å². The molecule has 2 amide bonds. The van der Waals surface area contributed by atoms with Crippen LogP contribution in [-0.2, 0) is 4.79 Å². The first-order valence-corrected chi connectivity index (χ1v) is 10.6. The van der Waals surface area contributed by atoms with E-state index in [0.717, 1.165) is 15.2 Å². The Balaban J connectivity index is 1.49. The number of hydrazine groups is 1. The molecule has 3 N–H and O–H groups in total. The number of ether oxygens (including phenoxy) is 2. The third-order valence-electron chi connectivity index (χ3n) is 4.16. The molecule has 0 aliphatic heterocycles. The molecule has 0 fully saturated rings. The monoisotopic (exact) mass is 501 g/mol. The van der Waals surface area contributed by atoms with Crippen molar-refractivity contribution in [3.63, 3.8) is 0 Å². The summed E-state index contributed by atoms with van der Waals surface area (Å²) in [7, 11) is 0. The van der Waals surface area contributed by atoms with Crippen molar-refractivity contribution in [1.29, 1.82) is 0 Å². The number of halogens is 1. The Kier molecular flexibility index (Phi) is 7.80. The summed E-state index contributed by atoms with van der Waals surface area (Å²) in [5.41, 5.74) is 5.21. The standard InChI is InChI=1S/C22H20BrN3O4S/c1-2-29-17-10-6-5-9-16(17)21(28)24-22(31)26-25-19(27)13-30-18-12-11-14-7-3-4-8-15(14)20(18)23/h3-12H,2,13H2,1H3,(H,25,27)(H2,24,26,28,31). The molecule has 160 valence electrons. The molecule has 0 atom stereocenters. The Morgan fingerprint density at radius 1 is 0.935 bits per heavy atom. The average Bonchev–Trinajstić information content (AvgIpc) is 2.78. The molecule has 0 bridgehead atoms. The van der Waals surface area contributed by atoms with Gasteiger partial charge in [-0.3, -0.25) is 25.8 Å². The van der Waals surface area contributed by atoms with Crippen molar-refractivity contribution in [2.75, 3.05) is 13.2 Å². The lowest BCUT2D eigenvalue weighted by atomic mass is 10.1. The lowest BCUT2D eigenvalue weighted by Crippen LogP contribution is -2.49. The fourth-order valence-corrected chi connectivity index (χ4v) is 3.52. The van der Waals surface area contributed by atoms with Gasteiger partial charge in [0.25, 0.3) is 11.8 Å². The summed E-state index contributed by atoms with van der Waals surface area (Å²) < 4.78 is 11.8. The number of carbonyl (C=O) groups excluding carboxylic acids is 2. The van der Waals surface area contributed by atoms with E-state index in [2.05, 4.69) is 32.1 Å². The van der Waals surface area contributed by atoms with Crippen molar-refractivity contribution in [3.8, 4) is 11.5 Å². The maximum absolute atomic E-state index is 12.4. The summed E-state index contributed by atoms with van der Waals surface area (Å²) in [5.74, 6) is 0.0690. The third-order valence-corrected chi connectivity index (χ3v) is 5.18. The third kappa shape index (κ3) is 5.93. The van der Waals surface area contributed by atoms with Crippen LogP contribution < -0.4 is 25.6 Å². The van der Waals surface area contributed by atoms with E-state index in [0.29, 0.717) is 23.7 Å². The Hall–Kier alpha value is -3.17. The van der Waals surface area contributed by atoms with Gasteiger partial charge in [-0.2, -0.15) is 0 Å². The molecule has 3 aromatic carbocycles. The number of fused-ring (bicyclic) bond motifs is 1. The molecule has 3 aromatic rings. The SMILES string of the molecule is CCOc1ccccc1C(=O)NC(=S)NNC(=O)COc1ccc2ccccc2c1Br. The molecule has 0 radical (unpaired) electrons. The summed E-state index contributed by atoms with van der Waals surface area (Å²) >= 11 is 8.57. The van der Waals surface area contributed by atoms with Gasteiger partial charge in [-0.25, -0.2) is 0 Å².